The number of aromatic nitrogens is 3. The van der Waals surface area contributed by atoms with Crippen LogP contribution in [0.15, 0.2) is 66.3 Å². The number of nitrogens with zero attached hydrogens (tertiary/aromatic N) is 6. The maximum Gasteiger partial charge on any atom is 0.254 e. The maximum absolute atomic E-state index is 13.5. The molecule has 11 heteroatoms. The highest BCUT2D eigenvalue weighted by Gasteiger charge is 2.35. The molecule has 2 saturated heterocycles. The van der Waals surface area contributed by atoms with Crippen molar-refractivity contribution in [1.29, 1.82) is 0 Å². The summed E-state index contributed by atoms with van der Waals surface area (Å²) in [5, 5.41) is 14.8. The zero-order valence-electron chi connectivity index (χ0n) is 30.4. The van der Waals surface area contributed by atoms with Crippen molar-refractivity contribution in [3.05, 3.63) is 83.1 Å². The van der Waals surface area contributed by atoms with Gasteiger partial charge in [-0.2, -0.15) is 5.10 Å². The average Bonchev–Trinajstić information content (AvgIpc) is 3.62. The number of carbonyl (C=O) groups is 1. The summed E-state index contributed by atoms with van der Waals surface area (Å²) < 4.78 is 19.4. The molecule has 0 N–H and O–H groups in total. The summed E-state index contributed by atoms with van der Waals surface area (Å²) in [6.07, 6.45) is 5.17. The van der Waals surface area contributed by atoms with Crippen LogP contribution in [0.25, 0.3) is 20.9 Å². The first kappa shape index (κ1) is 35.1. The van der Waals surface area contributed by atoms with E-state index in [0.29, 0.717) is 50.7 Å². The number of carbonyl (C=O) groups excluding carboxylic acids is 1. The van der Waals surface area contributed by atoms with E-state index in [4.69, 9.17) is 24.4 Å². The lowest BCUT2D eigenvalue weighted by atomic mass is 9.79. The summed E-state index contributed by atoms with van der Waals surface area (Å²) in [7, 11) is 1.69. The van der Waals surface area contributed by atoms with E-state index < -0.39 is 0 Å². The summed E-state index contributed by atoms with van der Waals surface area (Å²) in [6.45, 7) is 15.6. The molecular formula is C40H48N6O4S. The maximum atomic E-state index is 13.5. The van der Waals surface area contributed by atoms with E-state index in [1.807, 2.05) is 41.3 Å². The smallest absolute Gasteiger partial charge is 0.254 e. The molecule has 51 heavy (non-hydrogen) atoms. The monoisotopic (exact) mass is 708 g/mol. The highest BCUT2D eigenvalue weighted by Crippen LogP contribution is 2.40. The molecule has 7 rings (SSSR count). The molecule has 2 aromatic carbocycles. The predicted molar refractivity (Wildman–Crippen MR) is 203 cm³/mol. The highest BCUT2D eigenvalue weighted by molar-refractivity contribution is 7.17. The van der Waals surface area contributed by atoms with Crippen LogP contribution in [0.4, 0.5) is 5.82 Å². The Labute approximate surface area is 304 Å². The first-order valence-electron chi connectivity index (χ1n) is 17.8. The zero-order valence-corrected chi connectivity index (χ0v) is 31.2. The average molecular weight is 709 g/mol. The molecule has 1 amide bonds. The van der Waals surface area contributed by atoms with Crippen LogP contribution in [0.3, 0.4) is 0 Å². The van der Waals surface area contributed by atoms with Gasteiger partial charge in [0.05, 0.1) is 32.6 Å². The number of hydrogen-bond acceptors (Lipinski definition) is 10. The lowest BCUT2D eigenvalue weighted by Gasteiger charge is -2.44. The van der Waals surface area contributed by atoms with Crippen LogP contribution in [0.2, 0.25) is 0 Å². The topological polar surface area (TPSA) is 93.2 Å². The molecule has 0 bridgehead atoms. The molecule has 10 nitrogen and oxygen atoms in total. The summed E-state index contributed by atoms with van der Waals surface area (Å²) in [4.78, 5) is 24.4. The van der Waals surface area contributed by atoms with E-state index in [9.17, 15) is 4.79 Å². The number of hydrogen-bond donors (Lipinski definition) is 0. The third-order valence-corrected chi connectivity index (χ3v) is 11.1. The third kappa shape index (κ3) is 7.80. The SMILES string of the molecule is COc1cc2c(Cc3ccncc3)nnc(N3CCN(C(=O)c4ccc5ccsc5c4)CC3)c2cc1OCC(C)(C)CC(C)(C)N1CCOCC1. The lowest BCUT2D eigenvalue weighted by molar-refractivity contribution is -0.0289. The van der Waals surface area contributed by atoms with Crippen LogP contribution in [0, 0.1) is 5.41 Å². The summed E-state index contributed by atoms with van der Waals surface area (Å²) in [5.74, 6) is 2.20. The number of morpholine rings is 1. The van der Waals surface area contributed by atoms with Gasteiger partial charge in [-0.3, -0.25) is 14.7 Å². The number of pyridine rings is 1. The van der Waals surface area contributed by atoms with Gasteiger partial charge < -0.3 is 24.0 Å². The quantitative estimate of drug-likeness (QED) is 0.149. The number of methoxy groups -OCH3 is 1. The minimum Gasteiger partial charge on any atom is -0.493 e. The van der Waals surface area contributed by atoms with E-state index in [2.05, 4.69) is 60.0 Å². The molecule has 3 aromatic heterocycles. The largest absolute Gasteiger partial charge is 0.493 e. The van der Waals surface area contributed by atoms with Crippen LogP contribution < -0.4 is 14.4 Å². The Hall–Kier alpha value is -4.32. The van der Waals surface area contributed by atoms with Gasteiger partial charge in [0.2, 0.25) is 0 Å². The van der Waals surface area contributed by atoms with Crippen molar-refractivity contribution < 1.29 is 19.0 Å². The molecule has 0 saturated carbocycles. The summed E-state index contributed by atoms with van der Waals surface area (Å²) in [5.41, 5.74) is 2.59. The van der Waals surface area contributed by atoms with E-state index in [1.165, 1.54) is 5.39 Å². The Morgan fingerprint density at radius 1 is 0.882 bits per heavy atom. The van der Waals surface area contributed by atoms with Crippen molar-refractivity contribution in [3.63, 3.8) is 0 Å². The third-order valence-electron chi connectivity index (χ3n) is 10.2. The van der Waals surface area contributed by atoms with E-state index >= 15 is 0 Å². The number of anilines is 1. The minimum absolute atomic E-state index is 0.00889. The molecule has 0 unspecified atom stereocenters. The van der Waals surface area contributed by atoms with Gasteiger partial charge in [0.1, 0.15) is 0 Å². The fourth-order valence-corrected chi connectivity index (χ4v) is 8.53. The number of benzene rings is 2. The molecule has 2 fully saturated rings. The first-order valence-corrected chi connectivity index (χ1v) is 18.7. The molecule has 2 aliphatic heterocycles. The van der Waals surface area contributed by atoms with Crippen molar-refractivity contribution >= 4 is 43.9 Å². The number of fused-ring (bicyclic) bond motifs is 2. The second-order valence-corrected chi connectivity index (χ2v) is 16.0. The van der Waals surface area contributed by atoms with Gasteiger partial charge in [-0.1, -0.05) is 19.9 Å². The highest BCUT2D eigenvalue weighted by atomic mass is 32.1. The van der Waals surface area contributed by atoms with Crippen LogP contribution in [-0.2, 0) is 11.2 Å². The van der Waals surface area contributed by atoms with E-state index in [-0.39, 0.29) is 16.9 Å². The molecule has 0 spiro atoms. The number of amides is 1. The van der Waals surface area contributed by atoms with Crippen molar-refractivity contribution in [2.24, 2.45) is 5.41 Å². The Morgan fingerprint density at radius 3 is 2.37 bits per heavy atom. The molecule has 268 valence electrons. The molecule has 5 heterocycles. The standard InChI is InChI=1S/C40H48N6O4S/c1-39(2,26-40(3,4)46-17-19-49-20-18-46)27-50-35-25-32-31(24-34(35)48-5)33(22-28-8-11-41-12-9-28)42-43-37(32)44-13-15-45(16-14-44)38(47)30-7-6-29-10-21-51-36(29)23-30/h6-12,21,23-25H,13-20,22,26-27H2,1-5H3. The normalized spacial score (nSPS) is 16.2. The number of ether oxygens (including phenoxy) is 3. The molecule has 5 aromatic rings. The van der Waals surface area contributed by atoms with Gasteiger partial charge in [0, 0.05) is 90.1 Å². The Balaban J connectivity index is 1.15. The van der Waals surface area contributed by atoms with Crippen molar-refractivity contribution in [2.45, 2.75) is 46.1 Å². The Kier molecular flexibility index (Phi) is 10.1. The van der Waals surface area contributed by atoms with Crippen molar-refractivity contribution in [2.75, 3.05) is 71.1 Å². The number of thiophene rings is 1. The lowest BCUT2D eigenvalue weighted by Crippen LogP contribution is -2.52. The zero-order chi connectivity index (χ0) is 35.6. The van der Waals surface area contributed by atoms with Crippen LogP contribution in [-0.4, -0.2) is 103 Å². The van der Waals surface area contributed by atoms with Gasteiger partial charge >= 0.3 is 0 Å². The molecule has 0 atom stereocenters. The van der Waals surface area contributed by atoms with Crippen molar-refractivity contribution in [1.82, 2.24) is 25.0 Å². The van der Waals surface area contributed by atoms with Gasteiger partial charge in [0.15, 0.2) is 17.3 Å². The second-order valence-electron chi connectivity index (χ2n) is 15.0. The Bertz CT molecular complexity index is 1980. The Morgan fingerprint density at radius 2 is 1.63 bits per heavy atom. The molecular weight excluding hydrogens is 661 g/mol. The van der Waals surface area contributed by atoms with E-state index in [1.54, 1.807) is 30.8 Å². The van der Waals surface area contributed by atoms with Gasteiger partial charge in [-0.25, -0.2) is 0 Å². The fraction of sp³-hybridized carbons (Fsp3) is 0.450. The van der Waals surface area contributed by atoms with Gasteiger partial charge in [-0.05, 0) is 79.1 Å². The molecule has 0 aliphatic carbocycles. The van der Waals surface area contributed by atoms with Crippen LogP contribution in [0.5, 0.6) is 11.5 Å². The van der Waals surface area contributed by atoms with Crippen LogP contribution >= 0.6 is 11.3 Å². The number of rotatable bonds is 11. The first-order chi connectivity index (χ1) is 24.6. The van der Waals surface area contributed by atoms with Crippen LogP contribution in [0.1, 0.15) is 55.7 Å². The second kappa shape index (κ2) is 14.7. The van der Waals surface area contributed by atoms with Crippen molar-refractivity contribution in [3.8, 4) is 11.5 Å². The number of piperazine rings is 1. The molecule has 0 radical (unpaired) electrons. The van der Waals surface area contributed by atoms with E-state index in [0.717, 1.165) is 70.8 Å². The van der Waals surface area contributed by atoms with Gasteiger partial charge in [0.25, 0.3) is 5.91 Å². The van der Waals surface area contributed by atoms with Gasteiger partial charge in [-0.15, -0.1) is 16.4 Å². The summed E-state index contributed by atoms with van der Waals surface area (Å²) >= 11 is 1.66. The fourth-order valence-electron chi connectivity index (χ4n) is 7.70. The predicted octanol–water partition coefficient (Wildman–Crippen LogP) is 6.71. The molecule has 2 aliphatic rings. The minimum atomic E-state index is -0.107. The summed E-state index contributed by atoms with van der Waals surface area (Å²) in [6, 6.07) is 16.2.